The van der Waals surface area contributed by atoms with Gasteiger partial charge in [-0.05, 0) is 71.6 Å². The van der Waals surface area contributed by atoms with Crippen LogP contribution in [0, 0.1) is 10.1 Å². The summed E-state index contributed by atoms with van der Waals surface area (Å²) < 4.78 is 29.3. The van der Waals surface area contributed by atoms with Crippen LogP contribution in [0.2, 0.25) is 0 Å². The molecule has 6 rings (SSSR count). The molecule has 5 aromatic carbocycles. The first kappa shape index (κ1) is 32.9. The number of benzene rings is 5. The van der Waals surface area contributed by atoms with Gasteiger partial charge in [-0.3, -0.25) is 14.9 Å². The minimum Gasteiger partial charge on any atom is -0.379 e. The third kappa shape index (κ3) is 8.08. The molecular formula is C36H30N4O5S3. The van der Waals surface area contributed by atoms with Crippen molar-refractivity contribution in [2.75, 3.05) is 17.6 Å². The summed E-state index contributed by atoms with van der Waals surface area (Å²) in [6, 6.07) is 36.2. The first-order valence-electron chi connectivity index (χ1n) is 15.1. The monoisotopic (exact) mass is 694 g/mol. The van der Waals surface area contributed by atoms with Crippen molar-refractivity contribution in [2.45, 2.75) is 22.6 Å². The maximum Gasteiger partial charge on any atom is 0.293 e. The highest BCUT2D eigenvalue weighted by Crippen LogP contribution is 2.30. The minimum absolute atomic E-state index is 0.129. The predicted octanol–water partition coefficient (Wildman–Crippen LogP) is 7.98. The van der Waals surface area contributed by atoms with Crippen LogP contribution in [0.15, 0.2) is 131 Å². The number of anilines is 1. The Morgan fingerprint density at radius 2 is 1.54 bits per heavy atom. The lowest BCUT2D eigenvalue weighted by Gasteiger charge is -2.11. The Hall–Kier alpha value is -5.04. The Kier molecular flexibility index (Phi) is 10.1. The Morgan fingerprint density at radius 1 is 0.833 bits per heavy atom. The Bertz CT molecular complexity index is 2170. The van der Waals surface area contributed by atoms with Gasteiger partial charge in [-0.2, -0.15) is 0 Å². The van der Waals surface area contributed by atoms with E-state index in [2.05, 4.69) is 17.4 Å². The minimum atomic E-state index is -4.39. The molecule has 0 bridgehead atoms. The number of nitro groups is 1. The lowest BCUT2D eigenvalue weighted by Crippen LogP contribution is -2.30. The molecule has 1 amide bonds. The van der Waals surface area contributed by atoms with E-state index >= 15 is 0 Å². The maximum absolute atomic E-state index is 13.1. The second-order valence-corrected chi connectivity index (χ2v) is 14.8. The molecule has 48 heavy (non-hydrogen) atoms. The largest absolute Gasteiger partial charge is 0.379 e. The lowest BCUT2D eigenvalue weighted by atomic mass is 10.0. The number of fused-ring (bicyclic) bond motifs is 1. The van der Waals surface area contributed by atoms with E-state index in [4.69, 9.17) is 4.98 Å². The van der Waals surface area contributed by atoms with Gasteiger partial charge < -0.3 is 5.32 Å². The van der Waals surface area contributed by atoms with Crippen LogP contribution in [0.1, 0.15) is 20.9 Å². The van der Waals surface area contributed by atoms with Gasteiger partial charge in [0.25, 0.3) is 21.6 Å². The van der Waals surface area contributed by atoms with Gasteiger partial charge in [0, 0.05) is 35.2 Å². The van der Waals surface area contributed by atoms with Crippen molar-refractivity contribution in [3.63, 3.8) is 0 Å². The molecule has 0 atom stereocenters. The van der Waals surface area contributed by atoms with Gasteiger partial charge >= 0.3 is 0 Å². The number of thioether (sulfide) groups is 1. The van der Waals surface area contributed by atoms with E-state index in [1.54, 1.807) is 47.4 Å². The molecule has 0 radical (unpaired) electrons. The molecule has 1 aromatic heterocycles. The Labute approximate surface area is 286 Å². The number of hydrogen-bond acceptors (Lipinski definition) is 9. The molecular weight excluding hydrogens is 665 g/mol. The quantitative estimate of drug-likeness (QED) is 0.0539. The van der Waals surface area contributed by atoms with Crippen LogP contribution in [0.25, 0.3) is 21.3 Å². The van der Waals surface area contributed by atoms with E-state index in [9.17, 15) is 23.3 Å². The molecule has 0 aliphatic carbocycles. The number of sulfonamides is 1. The smallest absolute Gasteiger partial charge is 0.293 e. The van der Waals surface area contributed by atoms with Crippen LogP contribution in [0.3, 0.4) is 0 Å². The number of nitrogens with zero attached hydrogens (tertiary/aromatic N) is 2. The van der Waals surface area contributed by atoms with Crippen LogP contribution < -0.4 is 10.0 Å². The zero-order valence-electron chi connectivity index (χ0n) is 25.5. The molecule has 0 aliphatic rings. The van der Waals surface area contributed by atoms with Gasteiger partial charge in [0.15, 0.2) is 0 Å². The average molecular weight is 695 g/mol. The first-order valence-corrected chi connectivity index (χ1v) is 18.3. The molecule has 0 aliphatic heterocycles. The van der Waals surface area contributed by atoms with Gasteiger partial charge in [-0.25, -0.2) is 18.1 Å². The van der Waals surface area contributed by atoms with Crippen LogP contribution in [0.4, 0.5) is 11.4 Å². The molecule has 242 valence electrons. The van der Waals surface area contributed by atoms with E-state index < -0.39 is 26.5 Å². The zero-order valence-corrected chi connectivity index (χ0v) is 28.0. The number of hydrogen-bond donors (Lipinski definition) is 2. The highest BCUT2D eigenvalue weighted by molar-refractivity contribution is 7.99. The Balaban J connectivity index is 1.09. The summed E-state index contributed by atoms with van der Waals surface area (Å²) in [6.07, 6.45) is 1.77. The summed E-state index contributed by atoms with van der Waals surface area (Å²) in [6.45, 7) is 0.423. The number of carbonyl (C=O) groups excluding carboxylic acids is 1. The van der Waals surface area contributed by atoms with Crippen molar-refractivity contribution in [1.82, 2.24) is 9.71 Å². The molecule has 0 fully saturated rings. The molecule has 9 nitrogen and oxygen atoms in total. The fourth-order valence-electron chi connectivity index (χ4n) is 5.06. The lowest BCUT2D eigenvalue weighted by molar-refractivity contribution is -0.384. The number of nitro benzene ring substituents is 1. The summed E-state index contributed by atoms with van der Waals surface area (Å²) >= 11 is 3.26. The van der Waals surface area contributed by atoms with Gasteiger partial charge in [-0.1, -0.05) is 66.7 Å². The van der Waals surface area contributed by atoms with Crippen LogP contribution in [-0.2, 0) is 22.9 Å². The van der Waals surface area contributed by atoms with E-state index in [1.165, 1.54) is 17.7 Å². The van der Waals surface area contributed by atoms with Crippen LogP contribution in [0.5, 0.6) is 0 Å². The van der Waals surface area contributed by atoms with Crippen molar-refractivity contribution in [3.05, 3.63) is 148 Å². The number of carbonyl (C=O) groups is 1. The van der Waals surface area contributed by atoms with Crippen molar-refractivity contribution in [3.8, 4) is 11.1 Å². The van der Waals surface area contributed by atoms with Gasteiger partial charge in [0.05, 0.1) is 25.0 Å². The van der Waals surface area contributed by atoms with E-state index in [0.29, 0.717) is 12.3 Å². The molecule has 12 heteroatoms. The van der Waals surface area contributed by atoms with Crippen molar-refractivity contribution >= 4 is 60.6 Å². The maximum atomic E-state index is 13.1. The topological polar surface area (TPSA) is 131 Å². The summed E-state index contributed by atoms with van der Waals surface area (Å²) in [7, 11) is -4.39. The normalized spacial score (nSPS) is 11.3. The summed E-state index contributed by atoms with van der Waals surface area (Å²) in [5.41, 5.74) is 3.84. The van der Waals surface area contributed by atoms with Crippen molar-refractivity contribution in [1.29, 1.82) is 0 Å². The van der Waals surface area contributed by atoms with E-state index in [-0.39, 0.29) is 16.1 Å². The summed E-state index contributed by atoms with van der Waals surface area (Å²) in [4.78, 5) is 29.6. The predicted molar refractivity (Wildman–Crippen MR) is 192 cm³/mol. The number of rotatable bonds is 13. The van der Waals surface area contributed by atoms with E-state index in [1.807, 2.05) is 71.5 Å². The van der Waals surface area contributed by atoms with Gasteiger partial charge in [-0.15, -0.1) is 23.1 Å². The van der Waals surface area contributed by atoms with Crippen molar-refractivity contribution in [2.24, 2.45) is 0 Å². The molecule has 0 saturated heterocycles. The van der Waals surface area contributed by atoms with Gasteiger partial charge in [0.1, 0.15) is 5.69 Å². The first-order chi connectivity index (χ1) is 23.2. The second-order valence-electron chi connectivity index (χ2n) is 10.8. The molecule has 2 N–H and O–H groups in total. The zero-order chi connectivity index (χ0) is 33.5. The highest BCUT2D eigenvalue weighted by Gasteiger charge is 2.24. The van der Waals surface area contributed by atoms with Crippen LogP contribution >= 0.6 is 23.1 Å². The molecule has 0 spiro atoms. The fourth-order valence-corrected chi connectivity index (χ4v) is 7.79. The number of aromatic nitrogens is 1. The summed E-state index contributed by atoms with van der Waals surface area (Å²) in [5, 5.41) is 15.8. The summed E-state index contributed by atoms with van der Waals surface area (Å²) in [5.74, 6) is -0.201. The van der Waals surface area contributed by atoms with Crippen molar-refractivity contribution < 1.29 is 18.1 Å². The third-order valence-electron chi connectivity index (χ3n) is 7.52. The standard InChI is InChI=1S/C36H30N4O5S3/c41-36(39-48(44,45)30-17-18-31(33(24-30)40(42)43)37-21-22-46-29-9-5-2-6-10-29)27-14-12-26(13-15-27)28-16-19-34-32(23-28)38-35(47-34)20-11-25-7-3-1-4-8-25/h1-10,12-19,23-24,37H,11,20-22H2,(H,39,41). The number of amides is 1. The van der Waals surface area contributed by atoms with Crippen LogP contribution in [-0.4, -0.2) is 36.5 Å². The third-order valence-corrected chi connectivity index (χ3v) is 11.0. The average Bonchev–Trinajstić information content (AvgIpc) is 3.52. The van der Waals surface area contributed by atoms with E-state index in [0.717, 1.165) is 50.2 Å². The SMILES string of the molecule is O=C(NS(=O)(=O)c1ccc(NCCSc2ccccc2)c([N+](=O)[O-])c1)c1ccc(-c2ccc3sc(CCc4ccccc4)nc3c2)cc1. The molecule has 1 heterocycles. The Morgan fingerprint density at radius 3 is 2.27 bits per heavy atom. The molecule has 0 saturated carbocycles. The molecule has 6 aromatic rings. The number of nitrogens with one attached hydrogen (secondary N) is 2. The number of thiazole rings is 1. The number of aryl methyl sites for hydroxylation is 2. The second kappa shape index (κ2) is 14.8. The molecule has 0 unspecified atom stereocenters. The fraction of sp³-hybridized carbons (Fsp3) is 0.111. The highest BCUT2D eigenvalue weighted by atomic mass is 32.2. The van der Waals surface area contributed by atoms with Gasteiger partial charge in [0.2, 0.25) is 0 Å².